The molecule has 2 amide bonds. The zero-order chi connectivity index (χ0) is 19.3. The molecule has 2 aliphatic heterocycles. The van der Waals surface area contributed by atoms with Crippen molar-refractivity contribution in [3.8, 4) is 0 Å². The van der Waals surface area contributed by atoms with Gasteiger partial charge in [0, 0.05) is 50.9 Å². The average molecular weight is 386 g/mol. The van der Waals surface area contributed by atoms with E-state index in [0.29, 0.717) is 51.0 Å². The Morgan fingerprint density at radius 3 is 2.61 bits per heavy atom. The van der Waals surface area contributed by atoms with Crippen LogP contribution in [-0.4, -0.2) is 78.1 Å². The highest BCUT2D eigenvalue weighted by Gasteiger charge is 2.38. The van der Waals surface area contributed by atoms with Gasteiger partial charge in [-0.1, -0.05) is 6.07 Å². The minimum Gasteiger partial charge on any atom is -0.378 e. The highest BCUT2D eigenvalue weighted by atomic mass is 16.5. The standard InChI is InChI=1S/C21H30N4O3/c26-20(24-9-11-28-12-10-24)13-17-6-7-18(25(17)15-16-4-5-16)14-23-21(27)19-3-1-2-8-22-19/h1-3,8,16-18H,4-7,9-15H2,(H,23,27)/t17-,18+/m1/s1. The van der Waals surface area contributed by atoms with Gasteiger partial charge < -0.3 is 15.0 Å². The number of aromatic nitrogens is 1. The van der Waals surface area contributed by atoms with Crippen molar-refractivity contribution in [1.29, 1.82) is 0 Å². The molecule has 7 heteroatoms. The van der Waals surface area contributed by atoms with Gasteiger partial charge in [-0.15, -0.1) is 0 Å². The van der Waals surface area contributed by atoms with Crippen LogP contribution in [0.2, 0.25) is 0 Å². The second-order valence-electron chi connectivity index (χ2n) is 8.15. The molecule has 1 aromatic rings. The number of nitrogens with zero attached hydrogens (tertiary/aromatic N) is 3. The van der Waals surface area contributed by atoms with Crippen LogP contribution in [0.3, 0.4) is 0 Å². The molecule has 2 saturated heterocycles. The maximum absolute atomic E-state index is 12.7. The number of likely N-dealkylation sites (tertiary alicyclic amines) is 1. The Balaban J connectivity index is 1.33. The molecule has 1 aromatic heterocycles. The van der Waals surface area contributed by atoms with Crippen molar-refractivity contribution in [2.45, 2.75) is 44.2 Å². The van der Waals surface area contributed by atoms with Crippen molar-refractivity contribution >= 4 is 11.8 Å². The molecule has 1 N–H and O–H groups in total. The predicted octanol–water partition coefficient (Wildman–Crippen LogP) is 1.30. The first-order valence-electron chi connectivity index (χ1n) is 10.5. The van der Waals surface area contributed by atoms with Crippen LogP contribution in [0.1, 0.15) is 42.6 Å². The van der Waals surface area contributed by atoms with Crippen LogP contribution in [0.25, 0.3) is 0 Å². The number of amides is 2. The van der Waals surface area contributed by atoms with E-state index in [1.54, 1.807) is 18.3 Å². The Labute approximate surface area is 166 Å². The van der Waals surface area contributed by atoms with Crippen LogP contribution >= 0.6 is 0 Å². The summed E-state index contributed by atoms with van der Waals surface area (Å²) in [4.78, 5) is 33.6. The zero-order valence-electron chi connectivity index (χ0n) is 16.4. The molecule has 0 unspecified atom stereocenters. The van der Waals surface area contributed by atoms with E-state index < -0.39 is 0 Å². The second-order valence-corrected chi connectivity index (χ2v) is 8.15. The van der Waals surface area contributed by atoms with Crippen molar-refractivity contribution in [1.82, 2.24) is 20.1 Å². The number of ether oxygens (including phenoxy) is 1. The lowest BCUT2D eigenvalue weighted by Gasteiger charge is -2.33. The molecule has 0 spiro atoms. The van der Waals surface area contributed by atoms with Gasteiger partial charge in [0.25, 0.3) is 5.91 Å². The van der Waals surface area contributed by atoms with E-state index in [0.717, 1.165) is 25.3 Å². The Kier molecular flexibility index (Phi) is 6.22. The first kappa shape index (κ1) is 19.3. The van der Waals surface area contributed by atoms with Gasteiger partial charge in [0.05, 0.1) is 13.2 Å². The van der Waals surface area contributed by atoms with Crippen LogP contribution in [0, 0.1) is 5.92 Å². The molecule has 0 aromatic carbocycles. The third kappa shape index (κ3) is 4.89. The molecule has 7 nitrogen and oxygen atoms in total. The zero-order valence-corrected chi connectivity index (χ0v) is 16.4. The fraction of sp³-hybridized carbons (Fsp3) is 0.667. The van der Waals surface area contributed by atoms with Gasteiger partial charge in [-0.2, -0.15) is 0 Å². The third-order valence-corrected chi connectivity index (χ3v) is 6.11. The number of hydrogen-bond donors (Lipinski definition) is 1. The molecule has 28 heavy (non-hydrogen) atoms. The lowest BCUT2D eigenvalue weighted by atomic mass is 10.1. The third-order valence-electron chi connectivity index (χ3n) is 6.11. The van der Waals surface area contributed by atoms with Gasteiger partial charge >= 0.3 is 0 Å². The van der Waals surface area contributed by atoms with E-state index in [-0.39, 0.29) is 17.9 Å². The topological polar surface area (TPSA) is 74.8 Å². The lowest BCUT2D eigenvalue weighted by Crippen LogP contribution is -2.47. The number of hydrogen-bond acceptors (Lipinski definition) is 5. The van der Waals surface area contributed by atoms with E-state index >= 15 is 0 Å². The minimum absolute atomic E-state index is 0.125. The van der Waals surface area contributed by atoms with Crippen molar-refractivity contribution in [2.24, 2.45) is 5.92 Å². The molecule has 0 radical (unpaired) electrons. The molecule has 4 rings (SSSR count). The summed E-state index contributed by atoms with van der Waals surface area (Å²) >= 11 is 0. The summed E-state index contributed by atoms with van der Waals surface area (Å²) < 4.78 is 5.36. The van der Waals surface area contributed by atoms with E-state index in [4.69, 9.17) is 4.74 Å². The largest absolute Gasteiger partial charge is 0.378 e. The minimum atomic E-state index is -0.125. The summed E-state index contributed by atoms with van der Waals surface area (Å²) in [6.45, 7) is 4.36. The van der Waals surface area contributed by atoms with Crippen LogP contribution in [0.4, 0.5) is 0 Å². The normalized spacial score (nSPS) is 25.6. The Morgan fingerprint density at radius 1 is 1.11 bits per heavy atom. The lowest BCUT2D eigenvalue weighted by molar-refractivity contribution is -0.136. The Bertz CT molecular complexity index is 673. The highest BCUT2D eigenvalue weighted by molar-refractivity contribution is 5.92. The van der Waals surface area contributed by atoms with Gasteiger partial charge in [-0.25, -0.2) is 0 Å². The summed E-state index contributed by atoms with van der Waals surface area (Å²) in [6, 6.07) is 5.95. The highest BCUT2D eigenvalue weighted by Crippen LogP contribution is 2.35. The summed E-state index contributed by atoms with van der Waals surface area (Å²) in [5, 5.41) is 3.05. The van der Waals surface area contributed by atoms with Gasteiger partial charge in [-0.3, -0.25) is 19.5 Å². The fourth-order valence-electron chi connectivity index (χ4n) is 4.29. The molecule has 2 atom stereocenters. The quantitative estimate of drug-likeness (QED) is 0.765. The van der Waals surface area contributed by atoms with E-state index in [1.165, 1.54) is 12.8 Å². The van der Waals surface area contributed by atoms with Crippen LogP contribution in [0.15, 0.2) is 24.4 Å². The SMILES string of the molecule is O=C(NC[C@@H]1CC[C@H](CC(=O)N2CCOCC2)N1CC1CC1)c1ccccn1. The molecule has 3 fully saturated rings. The maximum atomic E-state index is 12.7. The molecule has 1 aliphatic carbocycles. The maximum Gasteiger partial charge on any atom is 0.269 e. The van der Waals surface area contributed by atoms with Crippen molar-refractivity contribution in [3.63, 3.8) is 0 Å². The first-order chi connectivity index (χ1) is 13.7. The summed E-state index contributed by atoms with van der Waals surface area (Å²) in [5.74, 6) is 0.875. The van der Waals surface area contributed by atoms with Crippen molar-refractivity contribution in [2.75, 3.05) is 39.4 Å². The van der Waals surface area contributed by atoms with Crippen LogP contribution in [0.5, 0.6) is 0 Å². The van der Waals surface area contributed by atoms with E-state index in [1.807, 2.05) is 11.0 Å². The predicted molar refractivity (Wildman–Crippen MR) is 105 cm³/mol. The van der Waals surface area contributed by atoms with E-state index in [2.05, 4.69) is 15.2 Å². The number of pyridine rings is 1. The molecule has 0 bridgehead atoms. The van der Waals surface area contributed by atoms with Crippen molar-refractivity contribution < 1.29 is 14.3 Å². The van der Waals surface area contributed by atoms with Gasteiger partial charge in [0.2, 0.25) is 5.91 Å². The van der Waals surface area contributed by atoms with Crippen LogP contribution in [-0.2, 0) is 9.53 Å². The second kappa shape index (κ2) is 9.01. The number of carbonyl (C=O) groups excluding carboxylic acids is 2. The molecule has 1 saturated carbocycles. The first-order valence-corrected chi connectivity index (χ1v) is 10.5. The monoisotopic (exact) mass is 386 g/mol. The van der Waals surface area contributed by atoms with Gasteiger partial charge in [-0.05, 0) is 43.7 Å². The molecular formula is C21H30N4O3. The number of morpholine rings is 1. The fourth-order valence-corrected chi connectivity index (χ4v) is 4.29. The van der Waals surface area contributed by atoms with E-state index in [9.17, 15) is 9.59 Å². The molecule has 3 aliphatic rings. The Morgan fingerprint density at radius 2 is 1.89 bits per heavy atom. The molecular weight excluding hydrogens is 356 g/mol. The molecule has 3 heterocycles. The molecule has 152 valence electrons. The van der Waals surface area contributed by atoms with Crippen LogP contribution < -0.4 is 5.32 Å². The number of nitrogens with one attached hydrogen (secondary N) is 1. The number of carbonyl (C=O) groups is 2. The summed E-state index contributed by atoms with van der Waals surface area (Å²) in [5.41, 5.74) is 0.452. The van der Waals surface area contributed by atoms with Gasteiger partial charge in [0.1, 0.15) is 5.69 Å². The smallest absolute Gasteiger partial charge is 0.269 e. The summed E-state index contributed by atoms with van der Waals surface area (Å²) in [7, 11) is 0. The summed E-state index contributed by atoms with van der Waals surface area (Å²) in [6.07, 6.45) is 6.83. The number of rotatable bonds is 7. The van der Waals surface area contributed by atoms with Crippen molar-refractivity contribution in [3.05, 3.63) is 30.1 Å². The van der Waals surface area contributed by atoms with Gasteiger partial charge in [0.15, 0.2) is 0 Å². The average Bonchev–Trinajstić information content (AvgIpc) is 3.49. The Hall–Kier alpha value is -1.99.